The van der Waals surface area contributed by atoms with E-state index in [2.05, 4.69) is 10.4 Å². The Balaban J connectivity index is 3.16. The molecule has 0 aromatic carbocycles. The smallest absolute Gasteiger partial charge is 0.333 e. The highest BCUT2D eigenvalue weighted by atomic mass is 16.6. The Morgan fingerprint density at radius 2 is 2.15 bits per heavy atom. The first-order valence-corrected chi connectivity index (χ1v) is 6.48. The van der Waals surface area contributed by atoms with E-state index < -0.39 is 16.9 Å². The molecular formula is C12H20N4O4. The number of hydrogen-bond acceptors (Lipinski definition) is 5. The number of nitrogens with one attached hydrogen (secondary N) is 1. The van der Waals surface area contributed by atoms with Crippen LogP contribution >= 0.6 is 0 Å². The summed E-state index contributed by atoms with van der Waals surface area (Å²) >= 11 is 0. The number of hydrogen-bond donors (Lipinski definition) is 2. The lowest BCUT2D eigenvalue weighted by molar-refractivity contribution is -0.384. The van der Waals surface area contributed by atoms with Gasteiger partial charge >= 0.3 is 11.7 Å². The molecule has 0 aliphatic rings. The van der Waals surface area contributed by atoms with Crippen LogP contribution in [0, 0.1) is 23.0 Å². The van der Waals surface area contributed by atoms with Crippen molar-refractivity contribution in [2.75, 3.05) is 5.32 Å². The lowest BCUT2D eigenvalue weighted by Crippen LogP contribution is -2.30. The van der Waals surface area contributed by atoms with Gasteiger partial charge in [-0.05, 0) is 19.8 Å². The average Bonchev–Trinajstić information content (AvgIpc) is 2.63. The van der Waals surface area contributed by atoms with Crippen LogP contribution in [-0.4, -0.2) is 31.8 Å². The third-order valence-corrected chi connectivity index (χ3v) is 3.10. The molecule has 0 aliphatic carbocycles. The summed E-state index contributed by atoms with van der Waals surface area (Å²) in [4.78, 5) is 21.5. The highest BCUT2D eigenvalue weighted by Gasteiger charge is 2.28. The molecule has 1 unspecified atom stereocenters. The number of carbonyl (C=O) groups is 1. The zero-order valence-corrected chi connectivity index (χ0v) is 12.1. The number of carboxylic acids is 1. The largest absolute Gasteiger partial charge is 0.481 e. The number of aromatic nitrogens is 2. The second kappa shape index (κ2) is 6.36. The maximum absolute atomic E-state index is 11.1. The van der Waals surface area contributed by atoms with Gasteiger partial charge in [0, 0.05) is 12.6 Å². The fraction of sp³-hybridized carbons (Fsp3) is 0.667. The third kappa shape index (κ3) is 3.46. The number of nitro groups is 1. The van der Waals surface area contributed by atoms with Crippen molar-refractivity contribution in [2.24, 2.45) is 5.92 Å². The summed E-state index contributed by atoms with van der Waals surface area (Å²) in [5.74, 6) is -0.653. The van der Waals surface area contributed by atoms with Crippen molar-refractivity contribution in [2.45, 2.75) is 46.7 Å². The van der Waals surface area contributed by atoms with Gasteiger partial charge in [0.25, 0.3) is 0 Å². The van der Waals surface area contributed by atoms with Gasteiger partial charge in [-0.15, -0.1) is 0 Å². The quantitative estimate of drug-likeness (QED) is 0.585. The van der Waals surface area contributed by atoms with Gasteiger partial charge in [-0.1, -0.05) is 13.8 Å². The van der Waals surface area contributed by atoms with Crippen LogP contribution in [0.4, 0.5) is 11.5 Å². The van der Waals surface area contributed by atoms with Gasteiger partial charge in [-0.2, -0.15) is 5.10 Å². The van der Waals surface area contributed by atoms with Crippen molar-refractivity contribution in [3.63, 3.8) is 0 Å². The molecule has 1 aromatic rings. The molecule has 1 rings (SSSR count). The van der Waals surface area contributed by atoms with Crippen molar-refractivity contribution in [3.8, 4) is 0 Å². The second-order valence-electron chi connectivity index (χ2n) is 4.95. The number of anilines is 1. The molecule has 0 aliphatic heterocycles. The molecule has 20 heavy (non-hydrogen) atoms. The maximum Gasteiger partial charge on any atom is 0.333 e. The van der Waals surface area contributed by atoms with Crippen molar-refractivity contribution in [3.05, 3.63) is 15.8 Å². The van der Waals surface area contributed by atoms with Crippen LogP contribution in [0.2, 0.25) is 0 Å². The van der Waals surface area contributed by atoms with Crippen LogP contribution in [0.1, 0.15) is 32.9 Å². The predicted octanol–water partition coefficient (Wildman–Crippen LogP) is 2.03. The van der Waals surface area contributed by atoms with Gasteiger partial charge in [-0.25, -0.2) is 4.68 Å². The zero-order chi connectivity index (χ0) is 15.4. The van der Waals surface area contributed by atoms with Crippen LogP contribution in [-0.2, 0) is 11.3 Å². The minimum Gasteiger partial charge on any atom is -0.481 e. The monoisotopic (exact) mass is 284 g/mol. The van der Waals surface area contributed by atoms with E-state index >= 15 is 0 Å². The molecule has 112 valence electrons. The molecule has 1 aromatic heterocycles. The summed E-state index contributed by atoms with van der Waals surface area (Å²) in [6.45, 7) is 7.59. The number of nitrogens with zero attached hydrogens (tertiary/aromatic N) is 3. The minimum atomic E-state index is -0.946. The summed E-state index contributed by atoms with van der Waals surface area (Å²) in [5.41, 5.74) is 0.222. The van der Waals surface area contributed by atoms with Crippen molar-refractivity contribution in [1.82, 2.24) is 9.78 Å². The van der Waals surface area contributed by atoms with Crippen molar-refractivity contribution >= 4 is 17.5 Å². The van der Waals surface area contributed by atoms with Crippen LogP contribution in [0.3, 0.4) is 0 Å². The molecule has 0 amide bonds. The second-order valence-corrected chi connectivity index (χ2v) is 4.95. The zero-order valence-electron chi connectivity index (χ0n) is 12.1. The van der Waals surface area contributed by atoms with Gasteiger partial charge in [0.2, 0.25) is 5.82 Å². The molecule has 0 bridgehead atoms. The van der Waals surface area contributed by atoms with E-state index in [1.165, 1.54) is 4.68 Å². The first kappa shape index (κ1) is 15.9. The Morgan fingerprint density at radius 3 is 2.55 bits per heavy atom. The van der Waals surface area contributed by atoms with Crippen molar-refractivity contribution < 1.29 is 14.8 Å². The van der Waals surface area contributed by atoms with E-state index in [-0.39, 0.29) is 23.8 Å². The first-order valence-electron chi connectivity index (χ1n) is 6.48. The summed E-state index contributed by atoms with van der Waals surface area (Å²) in [7, 11) is 0. The Hall–Kier alpha value is -2.12. The molecule has 0 saturated heterocycles. The standard InChI is InChI=1S/C12H20N4O4/c1-5-15-12(11(16(19)20)8(4)14-15)13-9(7(2)3)6-10(17)18/h7,9,13H,5-6H2,1-4H3,(H,17,18). The lowest BCUT2D eigenvalue weighted by atomic mass is 10.0. The molecule has 0 saturated carbocycles. The highest BCUT2D eigenvalue weighted by Crippen LogP contribution is 2.30. The van der Waals surface area contributed by atoms with Gasteiger partial charge in [0.15, 0.2) is 0 Å². The van der Waals surface area contributed by atoms with Gasteiger partial charge in [-0.3, -0.25) is 14.9 Å². The Labute approximate surface area is 116 Å². The van der Waals surface area contributed by atoms with Crippen molar-refractivity contribution in [1.29, 1.82) is 0 Å². The van der Waals surface area contributed by atoms with E-state index in [0.29, 0.717) is 12.2 Å². The Kier molecular flexibility index (Phi) is 5.06. The molecule has 1 atom stereocenters. The fourth-order valence-corrected chi connectivity index (χ4v) is 1.98. The van der Waals surface area contributed by atoms with E-state index in [1.807, 2.05) is 20.8 Å². The third-order valence-electron chi connectivity index (χ3n) is 3.10. The van der Waals surface area contributed by atoms with E-state index in [0.717, 1.165) is 0 Å². The molecule has 2 N–H and O–H groups in total. The van der Waals surface area contributed by atoms with Crippen LogP contribution in [0.25, 0.3) is 0 Å². The molecular weight excluding hydrogens is 264 g/mol. The van der Waals surface area contributed by atoms with Gasteiger partial charge in [0.1, 0.15) is 5.69 Å². The summed E-state index contributed by atoms with van der Waals surface area (Å²) in [5, 5.41) is 27.2. The summed E-state index contributed by atoms with van der Waals surface area (Å²) in [6.07, 6.45) is -0.108. The maximum atomic E-state index is 11.1. The van der Waals surface area contributed by atoms with E-state index in [9.17, 15) is 14.9 Å². The molecule has 0 spiro atoms. The number of aliphatic carboxylic acids is 1. The highest BCUT2D eigenvalue weighted by molar-refractivity contribution is 5.69. The van der Waals surface area contributed by atoms with E-state index in [1.54, 1.807) is 6.92 Å². The van der Waals surface area contributed by atoms with Gasteiger partial charge in [0.05, 0.1) is 11.3 Å². The molecule has 8 heteroatoms. The number of rotatable bonds is 7. The van der Waals surface area contributed by atoms with Crippen LogP contribution in [0.5, 0.6) is 0 Å². The molecule has 0 fully saturated rings. The number of carboxylic acid groups (broad SMARTS) is 1. The number of aryl methyl sites for hydroxylation is 2. The lowest BCUT2D eigenvalue weighted by Gasteiger charge is -2.21. The summed E-state index contributed by atoms with van der Waals surface area (Å²) in [6, 6.07) is -0.396. The summed E-state index contributed by atoms with van der Waals surface area (Å²) < 4.78 is 1.49. The fourth-order valence-electron chi connectivity index (χ4n) is 1.98. The van der Waals surface area contributed by atoms with Gasteiger partial charge < -0.3 is 10.4 Å². The topological polar surface area (TPSA) is 110 Å². The molecule has 0 radical (unpaired) electrons. The predicted molar refractivity (Wildman–Crippen MR) is 73.8 cm³/mol. The molecule has 8 nitrogen and oxygen atoms in total. The first-order chi connectivity index (χ1) is 9.27. The normalized spacial score (nSPS) is 12.4. The Morgan fingerprint density at radius 1 is 1.55 bits per heavy atom. The minimum absolute atomic E-state index is 0.0196. The average molecular weight is 284 g/mol. The van der Waals surface area contributed by atoms with Crippen LogP contribution < -0.4 is 5.32 Å². The SMILES string of the molecule is CCn1nc(C)c([N+](=O)[O-])c1NC(CC(=O)O)C(C)C. The Bertz CT molecular complexity index is 510. The molecule has 1 heterocycles. The van der Waals surface area contributed by atoms with Crippen LogP contribution in [0.15, 0.2) is 0 Å². The van der Waals surface area contributed by atoms with E-state index in [4.69, 9.17) is 5.11 Å².